The van der Waals surface area contributed by atoms with E-state index in [0.29, 0.717) is 25.6 Å². The summed E-state index contributed by atoms with van der Waals surface area (Å²) in [7, 11) is 1.62. The molecule has 2 rings (SSSR count). The number of hydrogen-bond donors (Lipinski definition) is 1. The van der Waals surface area contributed by atoms with E-state index in [2.05, 4.69) is 19.2 Å². The van der Waals surface area contributed by atoms with Crippen molar-refractivity contribution in [2.45, 2.75) is 20.3 Å². The third kappa shape index (κ3) is 5.85. The second-order valence-electron chi connectivity index (χ2n) is 6.82. The molecule has 26 heavy (non-hydrogen) atoms. The lowest BCUT2D eigenvalue weighted by Crippen LogP contribution is -2.43. The molecule has 2 aromatic carbocycles. The summed E-state index contributed by atoms with van der Waals surface area (Å²) >= 11 is 0. The van der Waals surface area contributed by atoms with Crippen LogP contribution < -0.4 is 5.32 Å². The van der Waals surface area contributed by atoms with Crippen molar-refractivity contribution in [2.75, 3.05) is 33.4 Å². The molecule has 0 aliphatic rings. The van der Waals surface area contributed by atoms with Crippen molar-refractivity contribution in [1.29, 1.82) is 0 Å². The first-order valence-electron chi connectivity index (χ1n) is 9.01. The van der Waals surface area contributed by atoms with Gasteiger partial charge in [-0.2, -0.15) is 0 Å². The summed E-state index contributed by atoms with van der Waals surface area (Å²) in [5.41, 5.74) is 0.964. The van der Waals surface area contributed by atoms with Crippen LogP contribution >= 0.6 is 0 Å². The van der Waals surface area contributed by atoms with Gasteiger partial charge >= 0.3 is 0 Å². The summed E-state index contributed by atoms with van der Waals surface area (Å²) in [5, 5.41) is 4.93. The monoisotopic (exact) mass is 356 g/mol. The SMILES string of the molecule is COCCN(CC(C)C)C(=O)CNC(=O)Cc1cccc2ccccc12. The standard InChI is InChI=1S/C21H28N2O3/c1-16(2)15-23(11-12-26-3)21(25)14-22-20(24)13-18-9-6-8-17-7-4-5-10-19(17)18/h4-10,16H,11-15H2,1-3H3,(H,22,24). The zero-order valence-corrected chi connectivity index (χ0v) is 15.8. The lowest BCUT2D eigenvalue weighted by Gasteiger charge is -2.24. The predicted octanol–water partition coefficient (Wildman–Crippen LogP) is 2.63. The molecule has 2 amide bonds. The van der Waals surface area contributed by atoms with Crippen LogP contribution in [-0.4, -0.2) is 50.1 Å². The number of nitrogens with zero attached hydrogens (tertiary/aromatic N) is 1. The molecule has 140 valence electrons. The first-order valence-corrected chi connectivity index (χ1v) is 9.01. The minimum atomic E-state index is -0.147. The Labute approximate surface area is 155 Å². The molecule has 0 heterocycles. The van der Waals surface area contributed by atoms with Gasteiger partial charge in [0.25, 0.3) is 0 Å². The Kier molecular flexibility index (Phi) is 7.60. The molecule has 0 saturated heterocycles. The van der Waals surface area contributed by atoms with E-state index >= 15 is 0 Å². The molecule has 1 N–H and O–H groups in total. The maximum absolute atomic E-state index is 12.4. The highest BCUT2D eigenvalue weighted by Crippen LogP contribution is 2.18. The summed E-state index contributed by atoms with van der Waals surface area (Å²) in [5.74, 6) is 0.134. The molecule has 0 bridgehead atoms. The predicted molar refractivity (Wildman–Crippen MR) is 104 cm³/mol. The van der Waals surface area contributed by atoms with E-state index in [9.17, 15) is 9.59 Å². The Morgan fingerprint density at radius 1 is 1.12 bits per heavy atom. The lowest BCUT2D eigenvalue weighted by molar-refractivity contribution is -0.133. The van der Waals surface area contributed by atoms with Crippen molar-refractivity contribution in [3.05, 3.63) is 48.0 Å². The molecule has 0 unspecified atom stereocenters. The lowest BCUT2D eigenvalue weighted by atomic mass is 10.0. The quantitative estimate of drug-likeness (QED) is 0.751. The minimum Gasteiger partial charge on any atom is -0.383 e. The smallest absolute Gasteiger partial charge is 0.242 e. The van der Waals surface area contributed by atoms with E-state index < -0.39 is 0 Å². The Morgan fingerprint density at radius 2 is 1.85 bits per heavy atom. The van der Waals surface area contributed by atoms with E-state index in [1.807, 2.05) is 42.5 Å². The third-order valence-electron chi connectivity index (χ3n) is 4.17. The van der Waals surface area contributed by atoms with Crippen LogP contribution in [-0.2, 0) is 20.7 Å². The molecule has 5 heteroatoms. The molecule has 0 saturated carbocycles. The summed E-state index contributed by atoms with van der Waals surface area (Å²) in [4.78, 5) is 26.5. The summed E-state index contributed by atoms with van der Waals surface area (Å²) in [6.45, 7) is 5.81. The average Bonchev–Trinajstić information content (AvgIpc) is 2.63. The van der Waals surface area contributed by atoms with E-state index in [4.69, 9.17) is 4.74 Å². The summed E-state index contributed by atoms with van der Waals surface area (Å²) in [6, 6.07) is 13.9. The largest absolute Gasteiger partial charge is 0.383 e. The number of benzene rings is 2. The van der Waals surface area contributed by atoms with Gasteiger partial charge in [0.2, 0.25) is 11.8 Å². The van der Waals surface area contributed by atoms with Gasteiger partial charge in [0.15, 0.2) is 0 Å². The van der Waals surface area contributed by atoms with E-state index in [0.717, 1.165) is 16.3 Å². The van der Waals surface area contributed by atoms with Crippen LogP contribution in [0, 0.1) is 5.92 Å². The van der Waals surface area contributed by atoms with Gasteiger partial charge in [-0.15, -0.1) is 0 Å². The number of rotatable bonds is 9. The molecule has 0 aliphatic carbocycles. The Hall–Kier alpha value is -2.40. The highest BCUT2D eigenvalue weighted by molar-refractivity contribution is 5.91. The summed E-state index contributed by atoms with van der Waals surface area (Å²) in [6.07, 6.45) is 0.261. The molecule has 0 radical (unpaired) electrons. The molecular weight excluding hydrogens is 328 g/mol. The number of amides is 2. The van der Waals surface area contributed by atoms with Gasteiger partial charge < -0.3 is 15.0 Å². The number of hydrogen-bond acceptors (Lipinski definition) is 3. The van der Waals surface area contributed by atoms with Gasteiger partial charge in [0.05, 0.1) is 19.6 Å². The highest BCUT2D eigenvalue weighted by Gasteiger charge is 2.16. The van der Waals surface area contributed by atoms with Gasteiger partial charge in [0.1, 0.15) is 0 Å². The average molecular weight is 356 g/mol. The number of nitrogens with one attached hydrogen (secondary N) is 1. The Morgan fingerprint density at radius 3 is 2.58 bits per heavy atom. The highest BCUT2D eigenvalue weighted by atomic mass is 16.5. The summed E-state index contributed by atoms with van der Waals surface area (Å²) < 4.78 is 5.07. The molecule has 0 aromatic heterocycles. The fourth-order valence-electron chi connectivity index (χ4n) is 2.93. The molecule has 0 fully saturated rings. The van der Waals surface area contributed by atoms with Crippen LogP contribution in [0.15, 0.2) is 42.5 Å². The zero-order valence-electron chi connectivity index (χ0n) is 15.8. The Bertz CT molecular complexity index is 738. The molecule has 0 atom stereocenters. The van der Waals surface area contributed by atoms with Crippen LogP contribution in [0.3, 0.4) is 0 Å². The minimum absolute atomic E-state index is 0.0139. The zero-order chi connectivity index (χ0) is 18.9. The maximum Gasteiger partial charge on any atom is 0.242 e. The maximum atomic E-state index is 12.4. The number of fused-ring (bicyclic) bond motifs is 1. The third-order valence-corrected chi connectivity index (χ3v) is 4.17. The van der Waals surface area contributed by atoms with Crippen molar-refractivity contribution in [3.8, 4) is 0 Å². The van der Waals surface area contributed by atoms with Gasteiger partial charge in [-0.1, -0.05) is 56.3 Å². The van der Waals surface area contributed by atoms with Gasteiger partial charge in [-0.05, 0) is 22.3 Å². The van der Waals surface area contributed by atoms with Crippen LogP contribution in [0.2, 0.25) is 0 Å². The van der Waals surface area contributed by atoms with Crippen molar-refractivity contribution in [1.82, 2.24) is 10.2 Å². The fraction of sp³-hybridized carbons (Fsp3) is 0.429. The van der Waals surface area contributed by atoms with Crippen molar-refractivity contribution < 1.29 is 14.3 Å². The second kappa shape index (κ2) is 9.92. The Balaban J connectivity index is 1.93. The number of ether oxygens (including phenoxy) is 1. The normalized spacial score (nSPS) is 10.9. The van der Waals surface area contributed by atoms with Crippen LogP contribution in [0.4, 0.5) is 0 Å². The van der Waals surface area contributed by atoms with Gasteiger partial charge in [-0.25, -0.2) is 0 Å². The topological polar surface area (TPSA) is 58.6 Å². The molecule has 0 spiro atoms. The number of carbonyl (C=O) groups is 2. The molecule has 2 aromatic rings. The van der Waals surface area contributed by atoms with Gasteiger partial charge in [-0.3, -0.25) is 9.59 Å². The van der Waals surface area contributed by atoms with Crippen molar-refractivity contribution >= 4 is 22.6 Å². The number of methoxy groups -OCH3 is 1. The first-order chi connectivity index (χ1) is 12.5. The molecular formula is C21H28N2O3. The number of carbonyl (C=O) groups excluding carboxylic acids is 2. The fourth-order valence-corrected chi connectivity index (χ4v) is 2.93. The van der Waals surface area contributed by atoms with E-state index in [1.54, 1.807) is 12.0 Å². The van der Waals surface area contributed by atoms with E-state index in [1.165, 1.54) is 0 Å². The van der Waals surface area contributed by atoms with E-state index in [-0.39, 0.29) is 24.8 Å². The van der Waals surface area contributed by atoms with Crippen LogP contribution in [0.25, 0.3) is 10.8 Å². The van der Waals surface area contributed by atoms with Crippen molar-refractivity contribution in [2.24, 2.45) is 5.92 Å². The van der Waals surface area contributed by atoms with Crippen molar-refractivity contribution in [3.63, 3.8) is 0 Å². The molecule has 5 nitrogen and oxygen atoms in total. The van der Waals surface area contributed by atoms with Crippen LogP contribution in [0.5, 0.6) is 0 Å². The second-order valence-corrected chi connectivity index (χ2v) is 6.82. The molecule has 0 aliphatic heterocycles. The first kappa shape index (κ1) is 19.9. The van der Waals surface area contributed by atoms with Gasteiger partial charge in [0, 0.05) is 20.2 Å². The van der Waals surface area contributed by atoms with Crippen LogP contribution in [0.1, 0.15) is 19.4 Å².